The Labute approximate surface area is 135 Å². The molecule has 1 aromatic carbocycles. The van der Waals surface area contributed by atoms with Gasteiger partial charge in [-0.1, -0.05) is 30.0 Å². The Kier molecular flexibility index (Phi) is 4.65. The summed E-state index contributed by atoms with van der Waals surface area (Å²) in [5.74, 6) is 1.18. The van der Waals surface area contributed by atoms with Crippen LogP contribution in [0.15, 0.2) is 34.8 Å². The van der Waals surface area contributed by atoms with E-state index in [2.05, 4.69) is 20.2 Å². The van der Waals surface area contributed by atoms with Gasteiger partial charge in [-0.15, -0.1) is 16.4 Å². The van der Waals surface area contributed by atoms with Crippen molar-refractivity contribution in [2.45, 2.75) is 17.8 Å². The van der Waals surface area contributed by atoms with Crippen LogP contribution in [0.5, 0.6) is 0 Å². The first-order chi connectivity index (χ1) is 10.7. The number of aromatic nitrogens is 4. The number of thiazole rings is 1. The van der Waals surface area contributed by atoms with Crippen LogP contribution in [0.25, 0.3) is 12.2 Å². The standard InChI is InChI=1S/C15H13FN4S2/c1-10-17-13(8-21-10)9-22-15-18-14(19-20-15)7-4-11-2-5-12(16)6-3-11/h2-8H,9H2,1H3,(H,18,19,20)/b7-4+. The fraction of sp³-hybridized carbons (Fsp3) is 0.133. The Bertz CT molecular complexity index is 777. The maximum atomic E-state index is 12.8. The predicted octanol–water partition coefficient (Wildman–Crippen LogP) is 4.17. The number of benzene rings is 1. The molecular weight excluding hydrogens is 319 g/mol. The maximum Gasteiger partial charge on any atom is 0.209 e. The summed E-state index contributed by atoms with van der Waals surface area (Å²) in [5.41, 5.74) is 1.95. The SMILES string of the molecule is Cc1nc(CSc2n[nH]c(/C=C/c3ccc(F)cc3)n2)cs1. The molecule has 0 aliphatic rings. The molecule has 0 amide bonds. The van der Waals surface area contributed by atoms with Gasteiger partial charge >= 0.3 is 0 Å². The van der Waals surface area contributed by atoms with Gasteiger partial charge in [0, 0.05) is 11.1 Å². The molecular formula is C15H13FN4S2. The quantitative estimate of drug-likeness (QED) is 0.713. The van der Waals surface area contributed by atoms with Gasteiger partial charge in [0.05, 0.1) is 10.7 Å². The molecule has 0 atom stereocenters. The summed E-state index contributed by atoms with van der Waals surface area (Å²) >= 11 is 3.18. The Balaban J connectivity index is 1.59. The number of thioether (sulfide) groups is 1. The average molecular weight is 332 g/mol. The van der Waals surface area contributed by atoms with Gasteiger partial charge in [0.15, 0.2) is 0 Å². The van der Waals surface area contributed by atoms with Crippen molar-refractivity contribution in [2.24, 2.45) is 0 Å². The van der Waals surface area contributed by atoms with Gasteiger partial charge in [0.2, 0.25) is 5.16 Å². The zero-order valence-corrected chi connectivity index (χ0v) is 13.4. The minimum Gasteiger partial charge on any atom is -0.259 e. The van der Waals surface area contributed by atoms with Gasteiger partial charge in [-0.2, -0.15) is 0 Å². The number of hydrogen-bond acceptors (Lipinski definition) is 5. The van der Waals surface area contributed by atoms with Gasteiger partial charge in [0.25, 0.3) is 0 Å². The lowest BCUT2D eigenvalue weighted by Gasteiger charge is -1.92. The van der Waals surface area contributed by atoms with Crippen molar-refractivity contribution in [3.8, 4) is 0 Å². The molecule has 2 heterocycles. The summed E-state index contributed by atoms with van der Waals surface area (Å²) in [6.45, 7) is 1.99. The Hall–Kier alpha value is -1.99. The second-order valence-corrected chi connectivity index (χ2v) is 6.54. The minimum atomic E-state index is -0.243. The van der Waals surface area contributed by atoms with Crippen molar-refractivity contribution in [1.82, 2.24) is 20.2 Å². The van der Waals surface area contributed by atoms with Crippen molar-refractivity contribution in [2.75, 3.05) is 0 Å². The van der Waals surface area contributed by atoms with E-state index in [0.717, 1.165) is 22.0 Å². The average Bonchev–Trinajstić information content (AvgIpc) is 3.13. The lowest BCUT2D eigenvalue weighted by molar-refractivity contribution is 0.628. The number of nitrogens with zero attached hydrogens (tertiary/aromatic N) is 3. The van der Waals surface area contributed by atoms with Crippen molar-refractivity contribution in [1.29, 1.82) is 0 Å². The molecule has 22 heavy (non-hydrogen) atoms. The van der Waals surface area contributed by atoms with E-state index in [1.165, 1.54) is 23.9 Å². The summed E-state index contributed by atoms with van der Waals surface area (Å²) in [6.07, 6.45) is 3.68. The van der Waals surface area contributed by atoms with Gasteiger partial charge in [-0.05, 0) is 30.7 Å². The maximum absolute atomic E-state index is 12.8. The number of aryl methyl sites for hydroxylation is 1. The molecule has 4 nitrogen and oxygen atoms in total. The van der Waals surface area contributed by atoms with Crippen LogP contribution in [0.2, 0.25) is 0 Å². The normalized spacial score (nSPS) is 11.4. The van der Waals surface area contributed by atoms with Crippen LogP contribution in [-0.2, 0) is 5.75 Å². The molecule has 3 rings (SSSR count). The number of hydrogen-bond donors (Lipinski definition) is 1. The molecule has 0 saturated carbocycles. The summed E-state index contributed by atoms with van der Waals surface area (Å²) in [6, 6.07) is 6.28. The first-order valence-corrected chi connectivity index (χ1v) is 8.45. The van der Waals surface area contributed by atoms with E-state index < -0.39 is 0 Å². The fourth-order valence-corrected chi connectivity index (χ4v) is 3.18. The molecule has 1 N–H and O–H groups in total. The van der Waals surface area contributed by atoms with E-state index in [1.807, 2.05) is 24.5 Å². The van der Waals surface area contributed by atoms with Crippen molar-refractivity contribution in [3.63, 3.8) is 0 Å². The topological polar surface area (TPSA) is 54.5 Å². The fourth-order valence-electron chi connectivity index (χ4n) is 1.76. The largest absolute Gasteiger partial charge is 0.259 e. The van der Waals surface area contributed by atoms with Gasteiger partial charge < -0.3 is 0 Å². The number of halogens is 1. The zero-order valence-electron chi connectivity index (χ0n) is 11.8. The molecule has 3 aromatic rings. The van der Waals surface area contributed by atoms with E-state index in [4.69, 9.17) is 0 Å². The predicted molar refractivity (Wildman–Crippen MR) is 88.1 cm³/mol. The molecule has 0 saturated heterocycles. The van der Waals surface area contributed by atoms with Gasteiger partial charge in [-0.25, -0.2) is 14.4 Å². The van der Waals surface area contributed by atoms with Crippen LogP contribution in [-0.4, -0.2) is 20.2 Å². The van der Waals surface area contributed by atoms with Crippen molar-refractivity contribution < 1.29 is 4.39 Å². The third-order valence-corrected chi connectivity index (χ3v) is 4.50. The summed E-state index contributed by atoms with van der Waals surface area (Å²) < 4.78 is 12.8. The molecule has 0 aliphatic carbocycles. The van der Waals surface area contributed by atoms with Crippen molar-refractivity contribution in [3.05, 3.63) is 57.6 Å². The third kappa shape index (κ3) is 4.02. The highest BCUT2D eigenvalue weighted by atomic mass is 32.2. The number of H-pyrrole nitrogens is 1. The molecule has 0 bridgehead atoms. The smallest absolute Gasteiger partial charge is 0.209 e. The second kappa shape index (κ2) is 6.85. The number of aromatic amines is 1. The van der Waals surface area contributed by atoms with Crippen LogP contribution >= 0.6 is 23.1 Å². The molecule has 0 radical (unpaired) electrons. The highest BCUT2D eigenvalue weighted by molar-refractivity contribution is 7.98. The number of nitrogens with one attached hydrogen (secondary N) is 1. The van der Waals surface area contributed by atoms with E-state index in [9.17, 15) is 4.39 Å². The molecule has 0 unspecified atom stereocenters. The van der Waals surface area contributed by atoms with Crippen LogP contribution in [0, 0.1) is 12.7 Å². The summed E-state index contributed by atoms with van der Waals surface area (Å²) in [4.78, 5) is 8.78. The zero-order chi connectivity index (χ0) is 15.4. The number of rotatable bonds is 5. The minimum absolute atomic E-state index is 0.243. The molecule has 2 aromatic heterocycles. The highest BCUT2D eigenvalue weighted by Crippen LogP contribution is 2.20. The third-order valence-electron chi connectivity index (χ3n) is 2.80. The first kappa shape index (κ1) is 14.9. The summed E-state index contributed by atoms with van der Waals surface area (Å²) in [7, 11) is 0. The molecule has 112 valence electrons. The Morgan fingerprint density at radius 1 is 1.23 bits per heavy atom. The van der Waals surface area contributed by atoms with Crippen molar-refractivity contribution >= 4 is 35.3 Å². The molecule has 0 aliphatic heterocycles. The summed E-state index contributed by atoms with van der Waals surface area (Å²) in [5, 5.41) is 10.8. The van der Waals surface area contributed by atoms with E-state index in [0.29, 0.717) is 11.0 Å². The first-order valence-electron chi connectivity index (χ1n) is 6.59. The Morgan fingerprint density at radius 3 is 2.77 bits per heavy atom. The Morgan fingerprint density at radius 2 is 2.05 bits per heavy atom. The monoisotopic (exact) mass is 332 g/mol. The molecule has 0 fully saturated rings. The van der Waals surface area contributed by atoms with E-state index in [1.54, 1.807) is 23.5 Å². The lowest BCUT2D eigenvalue weighted by atomic mass is 10.2. The van der Waals surface area contributed by atoms with Crippen LogP contribution in [0.4, 0.5) is 4.39 Å². The van der Waals surface area contributed by atoms with Crippen LogP contribution in [0.3, 0.4) is 0 Å². The van der Waals surface area contributed by atoms with Gasteiger partial charge in [-0.3, -0.25) is 5.10 Å². The van der Waals surface area contributed by atoms with Crippen LogP contribution < -0.4 is 0 Å². The second-order valence-electron chi connectivity index (χ2n) is 4.53. The van der Waals surface area contributed by atoms with E-state index in [-0.39, 0.29) is 5.82 Å². The molecule has 7 heteroatoms. The lowest BCUT2D eigenvalue weighted by Crippen LogP contribution is -1.82. The van der Waals surface area contributed by atoms with E-state index >= 15 is 0 Å². The highest BCUT2D eigenvalue weighted by Gasteiger charge is 2.04. The van der Waals surface area contributed by atoms with Gasteiger partial charge in [0.1, 0.15) is 11.6 Å². The van der Waals surface area contributed by atoms with Crippen LogP contribution in [0.1, 0.15) is 22.1 Å². The molecule has 0 spiro atoms.